The van der Waals surface area contributed by atoms with Crippen molar-refractivity contribution in [3.63, 3.8) is 0 Å². The Morgan fingerprint density at radius 2 is 0.812 bits per heavy atom. The molecule has 0 rings (SSSR count). The van der Waals surface area contributed by atoms with Crippen molar-refractivity contribution < 1.29 is 38.2 Å². The Morgan fingerprint density at radius 1 is 0.562 bits per heavy atom. The number of methoxy groups -OCH3 is 2. The first kappa shape index (κ1) is 13.6. The molecule has 0 amide bonds. The maximum Gasteiger partial charge on any atom is 0.383 e. The molecule has 0 bridgehead atoms. The molecule has 0 aliphatic rings. The van der Waals surface area contributed by atoms with Crippen LogP contribution in [0.5, 0.6) is 0 Å². The molecule has 0 aliphatic heterocycles. The van der Waals surface area contributed by atoms with Gasteiger partial charge in [-0.15, -0.1) is 0 Å². The van der Waals surface area contributed by atoms with Gasteiger partial charge in [-0.3, -0.25) is 19.2 Å². The van der Waals surface area contributed by atoms with Crippen LogP contribution in [0.1, 0.15) is 0 Å². The van der Waals surface area contributed by atoms with E-state index >= 15 is 0 Å². The van der Waals surface area contributed by atoms with E-state index in [0.29, 0.717) is 0 Å². The van der Waals surface area contributed by atoms with E-state index < -0.39 is 35.1 Å². The second kappa shape index (κ2) is 5.49. The van der Waals surface area contributed by atoms with Crippen molar-refractivity contribution in [3.05, 3.63) is 0 Å². The van der Waals surface area contributed by atoms with Crippen molar-refractivity contribution in [2.75, 3.05) is 14.2 Å². The lowest BCUT2D eigenvalue weighted by molar-refractivity contribution is -0.160. The lowest BCUT2D eigenvalue weighted by Gasteiger charge is -1.96. The maximum absolute atomic E-state index is 10.9. The summed E-state index contributed by atoms with van der Waals surface area (Å²) in [6.07, 6.45) is 0. The van der Waals surface area contributed by atoms with Crippen molar-refractivity contribution in [2.24, 2.45) is 0 Å². The van der Waals surface area contributed by atoms with Crippen LogP contribution in [-0.2, 0) is 38.2 Å². The zero-order valence-corrected chi connectivity index (χ0v) is 8.27. The van der Waals surface area contributed by atoms with Crippen molar-refractivity contribution in [2.45, 2.75) is 0 Å². The minimum atomic E-state index is -1.94. The topological polar surface area (TPSA) is 121 Å². The van der Waals surface area contributed by atoms with Gasteiger partial charge in [0.15, 0.2) is 0 Å². The zero-order chi connectivity index (χ0) is 12.9. The number of hydrogen-bond acceptors (Lipinski definition) is 8. The van der Waals surface area contributed by atoms with Crippen molar-refractivity contribution >= 4 is 35.1 Å². The fourth-order valence-electron chi connectivity index (χ4n) is 0.577. The van der Waals surface area contributed by atoms with Crippen LogP contribution >= 0.6 is 0 Å². The Bertz CT molecular complexity index is 353. The zero-order valence-electron chi connectivity index (χ0n) is 8.27. The molecule has 8 nitrogen and oxygen atoms in total. The molecule has 0 spiro atoms. The van der Waals surface area contributed by atoms with E-state index in [9.17, 15) is 28.8 Å². The maximum atomic E-state index is 10.9. The normalized spacial score (nSPS) is 8.88. The molecule has 0 aromatic heterocycles. The summed E-state index contributed by atoms with van der Waals surface area (Å²) < 4.78 is 7.72. The molecule has 0 radical (unpaired) electrons. The van der Waals surface area contributed by atoms with Gasteiger partial charge >= 0.3 is 23.5 Å². The molecule has 0 fully saturated rings. The number of carbonyl (C=O) groups is 6. The van der Waals surface area contributed by atoms with Crippen LogP contribution in [-0.4, -0.2) is 49.3 Å². The predicted molar refractivity (Wildman–Crippen MR) is 44.1 cm³/mol. The summed E-state index contributed by atoms with van der Waals surface area (Å²) in [5.41, 5.74) is 0. The number of hydrogen-bond donors (Lipinski definition) is 0. The molecule has 0 saturated heterocycles. The lowest BCUT2D eigenvalue weighted by atomic mass is 10.1. The van der Waals surface area contributed by atoms with Crippen LogP contribution in [0.25, 0.3) is 0 Å². The molecule has 0 aromatic carbocycles. The van der Waals surface area contributed by atoms with E-state index in [2.05, 4.69) is 9.47 Å². The largest absolute Gasteiger partial charge is 0.463 e. The second-order valence-electron chi connectivity index (χ2n) is 2.30. The first-order chi connectivity index (χ1) is 7.36. The van der Waals surface area contributed by atoms with Gasteiger partial charge in [-0.1, -0.05) is 0 Å². The molecule has 0 atom stereocenters. The highest BCUT2D eigenvalue weighted by molar-refractivity contribution is 6.91. The van der Waals surface area contributed by atoms with Gasteiger partial charge in [0.1, 0.15) is 0 Å². The lowest BCUT2D eigenvalue weighted by Crippen LogP contribution is -2.38. The van der Waals surface area contributed by atoms with E-state index in [0.717, 1.165) is 14.2 Å². The highest BCUT2D eigenvalue weighted by atomic mass is 16.5. The Labute approximate surface area is 88.5 Å². The Hall–Kier alpha value is -2.38. The highest BCUT2D eigenvalue weighted by Crippen LogP contribution is 1.89. The third kappa shape index (κ3) is 2.80. The smallest absolute Gasteiger partial charge is 0.383 e. The third-order valence-corrected chi connectivity index (χ3v) is 1.36. The Balaban J connectivity index is 4.83. The highest BCUT2D eigenvalue weighted by Gasteiger charge is 2.37. The fourth-order valence-corrected chi connectivity index (χ4v) is 0.577. The number of Topliss-reactive ketones (excluding diaryl/α,β-unsaturated/α-hetero) is 4. The van der Waals surface area contributed by atoms with E-state index in [-0.39, 0.29) is 0 Å². The molecule has 0 aliphatic carbocycles. The van der Waals surface area contributed by atoms with Gasteiger partial charge in [0.05, 0.1) is 14.2 Å². The van der Waals surface area contributed by atoms with Gasteiger partial charge in [-0.25, -0.2) is 9.59 Å². The summed E-state index contributed by atoms with van der Waals surface area (Å²) >= 11 is 0. The van der Waals surface area contributed by atoms with Gasteiger partial charge in [0.2, 0.25) is 0 Å². The number of esters is 2. The molecule has 0 unspecified atom stereocenters. The van der Waals surface area contributed by atoms with Crippen LogP contribution in [0.2, 0.25) is 0 Å². The standard InChI is InChI=1S/C8H6O8/c1-15-7(13)5(11)3(9)4(10)6(12)8(14)16-2/h1-2H3. The predicted octanol–water partition coefficient (Wildman–Crippen LogP) is -2.39. The summed E-state index contributed by atoms with van der Waals surface area (Å²) in [6.45, 7) is 0. The van der Waals surface area contributed by atoms with Crippen LogP contribution < -0.4 is 0 Å². The molecule has 0 N–H and O–H groups in total. The van der Waals surface area contributed by atoms with Crippen molar-refractivity contribution in [1.82, 2.24) is 0 Å². The fraction of sp³-hybridized carbons (Fsp3) is 0.250. The number of ketones is 4. The van der Waals surface area contributed by atoms with Crippen LogP contribution in [0.15, 0.2) is 0 Å². The van der Waals surface area contributed by atoms with Gasteiger partial charge in [0.25, 0.3) is 11.6 Å². The molecule has 16 heavy (non-hydrogen) atoms. The Morgan fingerprint density at radius 3 is 1.00 bits per heavy atom. The average molecular weight is 230 g/mol. The monoisotopic (exact) mass is 230 g/mol. The molecule has 0 heterocycles. The third-order valence-electron chi connectivity index (χ3n) is 1.36. The van der Waals surface area contributed by atoms with E-state index in [1.807, 2.05) is 0 Å². The average Bonchev–Trinajstić information content (AvgIpc) is 2.32. The minimum Gasteiger partial charge on any atom is -0.463 e. The van der Waals surface area contributed by atoms with Crippen molar-refractivity contribution in [3.8, 4) is 0 Å². The van der Waals surface area contributed by atoms with E-state index in [4.69, 9.17) is 0 Å². The van der Waals surface area contributed by atoms with Crippen molar-refractivity contribution in [1.29, 1.82) is 0 Å². The van der Waals surface area contributed by atoms with Gasteiger partial charge in [-0.2, -0.15) is 0 Å². The molecular weight excluding hydrogens is 224 g/mol. The quantitative estimate of drug-likeness (QED) is 0.291. The van der Waals surface area contributed by atoms with Crippen LogP contribution in [0.3, 0.4) is 0 Å². The summed E-state index contributed by atoms with van der Waals surface area (Å²) in [6, 6.07) is 0. The molecule has 86 valence electrons. The summed E-state index contributed by atoms with van der Waals surface area (Å²) in [5, 5.41) is 0. The number of rotatable bonds is 5. The van der Waals surface area contributed by atoms with E-state index in [1.165, 1.54) is 0 Å². The first-order valence-corrected chi connectivity index (χ1v) is 3.70. The first-order valence-electron chi connectivity index (χ1n) is 3.70. The number of carbonyl (C=O) groups excluding carboxylic acids is 6. The summed E-state index contributed by atoms with van der Waals surface area (Å²) in [4.78, 5) is 64.4. The van der Waals surface area contributed by atoms with Gasteiger partial charge in [-0.05, 0) is 0 Å². The number of ether oxygens (including phenoxy) is 2. The minimum absolute atomic E-state index is 0.806. The SMILES string of the molecule is COC(=O)C(=O)C(=O)C(=O)C(=O)C(=O)OC. The molecule has 8 heteroatoms. The van der Waals surface area contributed by atoms with Crippen LogP contribution in [0, 0.1) is 0 Å². The summed E-state index contributed by atoms with van der Waals surface area (Å²) in [7, 11) is 1.61. The van der Waals surface area contributed by atoms with Crippen LogP contribution in [0.4, 0.5) is 0 Å². The summed E-state index contributed by atoms with van der Waals surface area (Å²) in [5.74, 6) is -10.7. The molecule has 0 aromatic rings. The Kier molecular flexibility index (Phi) is 4.67. The van der Waals surface area contributed by atoms with Gasteiger partial charge < -0.3 is 9.47 Å². The van der Waals surface area contributed by atoms with E-state index in [1.54, 1.807) is 0 Å². The molecule has 0 saturated carbocycles. The van der Waals surface area contributed by atoms with Gasteiger partial charge in [0, 0.05) is 0 Å². The second-order valence-corrected chi connectivity index (χ2v) is 2.30. The molecular formula is C8H6O8.